The standard InChI is InChI=1S/C22H25F2N3O4.C6H13NO/c1-22(2,3)31-21(30)27-13-19(28)25-10-11-26-20(29)16-12-14(8-9-18(16)24)15-6-4-5-7-17(15)23;1-5(8)7-6(2,3)4/h4-9,12H,10-11,13H2,1-3H3,(H,25,28)(H,26,29)(H,27,30);1-4H3,(H,7,8). The summed E-state index contributed by atoms with van der Waals surface area (Å²) in [6.45, 7) is 12.3. The van der Waals surface area contributed by atoms with Crippen molar-refractivity contribution in [1.29, 1.82) is 0 Å². The van der Waals surface area contributed by atoms with E-state index in [2.05, 4.69) is 21.3 Å². The third kappa shape index (κ3) is 13.9. The summed E-state index contributed by atoms with van der Waals surface area (Å²) in [7, 11) is 0. The van der Waals surface area contributed by atoms with E-state index in [1.165, 1.54) is 37.3 Å². The van der Waals surface area contributed by atoms with Crippen LogP contribution in [0.4, 0.5) is 13.6 Å². The third-order valence-electron chi connectivity index (χ3n) is 4.47. The lowest BCUT2D eigenvalue weighted by Gasteiger charge is -2.19. The van der Waals surface area contributed by atoms with E-state index in [1.54, 1.807) is 26.8 Å². The molecular formula is C28H38F2N4O5. The van der Waals surface area contributed by atoms with Gasteiger partial charge < -0.3 is 26.0 Å². The summed E-state index contributed by atoms with van der Waals surface area (Å²) in [6, 6.07) is 9.74. The first-order valence-electron chi connectivity index (χ1n) is 12.3. The van der Waals surface area contributed by atoms with Crippen LogP contribution < -0.4 is 21.3 Å². The number of halogens is 2. The van der Waals surface area contributed by atoms with E-state index in [4.69, 9.17) is 4.74 Å². The van der Waals surface area contributed by atoms with Crippen molar-refractivity contribution in [3.63, 3.8) is 0 Å². The maximum absolute atomic E-state index is 14.1. The van der Waals surface area contributed by atoms with E-state index >= 15 is 0 Å². The quantitative estimate of drug-likeness (QED) is 0.390. The van der Waals surface area contributed by atoms with Gasteiger partial charge in [-0.2, -0.15) is 0 Å². The van der Waals surface area contributed by atoms with Crippen LogP contribution in [0.3, 0.4) is 0 Å². The monoisotopic (exact) mass is 548 g/mol. The fourth-order valence-electron chi connectivity index (χ4n) is 3.09. The predicted molar refractivity (Wildman–Crippen MR) is 145 cm³/mol. The van der Waals surface area contributed by atoms with Crippen molar-refractivity contribution in [2.75, 3.05) is 19.6 Å². The van der Waals surface area contributed by atoms with Crippen molar-refractivity contribution >= 4 is 23.8 Å². The highest BCUT2D eigenvalue weighted by molar-refractivity contribution is 5.95. The van der Waals surface area contributed by atoms with Gasteiger partial charge >= 0.3 is 6.09 Å². The number of carbonyl (C=O) groups excluding carboxylic acids is 4. The Labute approximate surface area is 228 Å². The minimum absolute atomic E-state index is 0.0255. The molecule has 0 aliphatic heterocycles. The first kappa shape index (κ1) is 33.0. The fourth-order valence-corrected chi connectivity index (χ4v) is 3.09. The van der Waals surface area contributed by atoms with E-state index in [-0.39, 0.29) is 42.2 Å². The van der Waals surface area contributed by atoms with Gasteiger partial charge in [-0.1, -0.05) is 24.3 Å². The second-order valence-corrected chi connectivity index (χ2v) is 10.6. The van der Waals surface area contributed by atoms with Crippen LogP contribution in [0.1, 0.15) is 58.8 Å². The van der Waals surface area contributed by atoms with Crippen LogP contribution in [0.5, 0.6) is 0 Å². The highest BCUT2D eigenvalue weighted by atomic mass is 19.1. The van der Waals surface area contributed by atoms with Gasteiger partial charge in [0, 0.05) is 31.1 Å². The number of rotatable bonds is 7. The lowest BCUT2D eigenvalue weighted by molar-refractivity contribution is -0.121. The minimum atomic E-state index is -0.747. The Morgan fingerprint density at radius 3 is 1.97 bits per heavy atom. The Hall–Kier alpha value is -4.02. The minimum Gasteiger partial charge on any atom is -0.444 e. The summed E-state index contributed by atoms with van der Waals surface area (Å²) >= 11 is 0. The molecule has 39 heavy (non-hydrogen) atoms. The van der Waals surface area contributed by atoms with E-state index in [9.17, 15) is 28.0 Å². The molecule has 0 bridgehead atoms. The molecule has 0 aromatic heterocycles. The molecule has 4 N–H and O–H groups in total. The first-order valence-corrected chi connectivity index (χ1v) is 12.3. The molecule has 4 amide bonds. The summed E-state index contributed by atoms with van der Waals surface area (Å²) in [6.07, 6.45) is -0.721. The molecule has 0 aliphatic rings. The van der Waals surface area contributed by atoms with Crippen LogP contribution in [0.2, 0.25) is 0 Å². The number of hydrogen-bond acceptors (Lipinski definition) is 5. The zero-order valence-corrected chi connectivity index (χ0v) is 23.5. The zero-order chi connectivity index (χ0) is 29.8. The second kappa shape index (κ2) is 14.8. The SMILES string of the molecule is CC(=O)NC(C)(C)C.CC(C)(C)OC(=O)NCC(=O)NCCNC(=O)c1cc(-c2ccccc2F)ccc1F. The number of ether oxygens (including phenoxy) is 1. The molecule has 0 heterocycles. The van der Waals surface area contributed by atoms with Crippen LogP contribution in [-0.2, 0) is 14.3 Å². The summed E-state index contributed by atoms with van der Waals surface area (Å²) in [4.78, 5) is 45.9. The van der Waals surface area contributed by atoms with Crippen molar-refractivity contribution in [2.45, 2.75) is 59.6 Å². The van der Waals surface area contributed by atoms with Gasteiger partial charge in [-0.25, -0.2) is 13.6 Å². The van der Waals surface area contributed by atoms with Gasteiger partial charge in [0.15, 0.2) is 0 Å². The Morgan fingerprint density at radius 1 is 0.821 bits per heavy atom. The maximum Gasteiger partial charge on any atom is 0.408 e. The molecule has 0 radical (unpaired) electrons. The Bertz CT molecular complexity index is 1160. The molecule has 11 heteroatoms. The number of nitrogens with one attached hydrogen (secondary N) is 4. The van der Waals surface area contributed by atoms with Crippen LogP contribution in [0.25, 0.3) is 11.1 Å². The Kier molecular flexibility index (Phi) is 12.5. The largest absolute Gasteiger partial charge is 0.444 e. The van der Waals surface area contributed by atoms with Crippen molar-refractivity contribution in [1.82, 2.24) is 21.3 Å². The molecule has 2 rings (SSSR count). The van der Waals surface area contributed by atoms with Gasteiger partial charge in [0.25, 0.3) is 5.91 Å². The van der Waals surface area contributed by atoms with Gasteiger partial charge in [-0.05, 0) is 65.3 Å². The number of alkyl carbamates (subject to hydrolysis) is 1. The van der Waals surface area contributed by atoms with Crippen molar-refractivity contribution in [3.8, 4) is 11.1 Å². The second-order valence-electron chi connectivity index (χ2n) is 10.6. The van der Waals surface area contributed by atoms with Crippen molar-refractivity contribution in [2.24, 2.45) is 0 Å². The Morgan fingerprint density at radius 2 is 1.44 bits per heavy atom. The van der Waals surface area contributed by atoms with E-state index in [0.29, 0.717) is 5.56 Å². The molecule has 0 atom stereocenters. The van der Waals surface area contributed by atoms with Gasteiger partial charge in [-0.15, -0.1) is 0 Å². The van der Waals surface area contributed by atoms with Gasteiger partial charge in [-0.3, -0.25) is 14.4 Å². The van der Waals surface area contributed by atoms with Crippen LogP contribution in [-0.4, -0.2) is 54.6 Å². The summed E-state index contributed by atoms with van der Waals surface area (Å²) in [5.41, 5.74) is -0.374. The topological polar surface area (TPSA) is 126 Å². The van der Waals surface area contributed by atoms with Gasteiger partial charge in [0.2, 0.25) is 11.8 Å². The number of benzene rings is 2. The Balaban J connectivity index is 0.000000824. The van der Waals surface area contributed by atoms with Crippen molar-refractivity contribution < 1.29 is 32.7 Å². The molecule has 0 saturated heterocycles. The molecule has 214 valence electrons. The van der Waals surface area contributed by atoms with E-state index in [0.717, 1.165) is 6.07 Å². The molecule has 0 saturated carbocycles. The molecule has 0 aliphatic carbocycles. The summed E-state index contributed by atoms with van der Waals surface area (Å²) in [5, 5.41) is 10.0. The van der Waals surface area contributed by atoms with E-state index in [1.807, 2.05) is 20.8 Å². The highest BCUT2D eigenvalue weighted by Gasteiger charge is 2.17. The lowest BCUT2D eigenvalue weighted by Crippen LogP contribution is -2.42. The molecule has 2 aromatic rings. The zero-order valence-electron chi connectivity index (χ0n) is 23.5. The molecular weight excluding hydrogens is 510 g/mol. The average Bonchev–Trinajstić information content (AvgIpc) is 2.79. The van der Waals surface area contributed by atoms with Crippen LogP contribution in [0, 0.1) is 11.6 Å². The number of amides is 4. The molecule has 9 nitrogen and oxygen atoms in total. The lowest BCUT2D eigenvalue weighted by atomic mass is 10.0. The predicted octanol–water partition coefficient (Wildman–Crippen LogP) is 3.92. The number of hydrogen-bond donors (Lipinski definition) is 4. The molecule has 0 unspecified atom stereocenters. The normalized spacial score (nSPS) is 10.9. The fraction of sp³-hybridized carbons (Fsp3) is 0.429. The van der Waals surface area contributed by atoms with Gasteiger partial charge in [0.1, 0.15) is 17.2 Å². The maximum atomic E-state index is 14.1. The molecule has 0 spiro atoms. The summed E-state index contributed by atoms with van der Waals surface area (Å²) in [5.74, 6) is -2.38. The highest BCUT2D eigenvalue weighted by Crippen LogP contribution is 2.24. The van der Waals surface area contributed by atoms with Crippen LogP contribution in [0.15, 0.2) is 42.5 Å². The smallest absolute Gasteiger partial charge is 0.408 e. The van der Waals surface area contributed by atoms with Gasteiger partial charge in [0.05, 0.1) is 12.1 Å². The molecule has 0 fully saturated rings. The van der Waals surface area contributed by atoms with E-state index < -0.39 is 35.1 Å². The average molecular weight is 549 g/mol. The van der Waals surface area contributed by atoms with Crippen LogP contribution >= 0.6 is 0 Å². The number of carbonyl (C=O) groups is 4. The molecule has 2 aromatic carbocycles. The summed E-state index contributed by atoms with van der Waals surface area (Å²) < 4.78 is 33.1. The third-order valence-corrected chi connectivity index (χ3v) is 4.47. The van der Waals surface area contributed by atoms with Crippen molar-refractivity contribution in [3.05, 3.63) is 59.7 Å². The first-order chi connectivity index (χ1) is 18.0.